The van der Waals surface area contributed by atoms with Crippen LogP contribution in [-0.4, -0.2) is 0 Å². The lowest BCUT2D eigenvalue weighted by Gasteiger charge is -2.15. The van der Waals surface area contributed by atoms with E-state index in [1.54, 1.807) is 0 Å². The van der Waals surface area contributed by atoms with Gasteiger partial charge >= 0.3 is 0 Å². The molecule has 0 saturated heterocycles. The molecule has 1 rings (SSSR count). The summed E-state index contributed by atoms with van der Waals surface area (Å²) < 4.78 is 0. The van der Waals surface area contributed by atoms with Crippen molar-refractivity contribution in [1.29, 1.82) is 0 Å². The fourth-order valence-corrected chi connectivity index (χ4v) is 1.83. The van der Waals surface area contributed by atoms with Gasteiger partial charge in [0.2, 0.25) is 0 Å². The lowest BCUT2D eigenvalue weighted by Crippen LogP contribution is -2.04. The first-order valence-corrected chi connectivity index (χ1v) is 3.93. The van der Waals surface area contributed by atoms with E-state index in [1.807, 2.05) is 0 Å². The van der Waals surface area contributed by atoms with Gasteiger partial charge in [0.05, 0.1) is 0 Å². The summed E-state index contributed by atoms with van der Waals surface area (Å²) in [6.07, 6.45) is 5.36. The second kappa shape index (κ2) is 2.32. The number of rotatable bonds is 1. The van der Waals surface area contributed by atoms with Crippen LogP contribution in [-0.2, 0) is 0 Å². The minimum absolute atomic E-state index is 0.627. The predicted molar refractivity (Wildman–Crippen MR) is 41.1 cm³/mol. The molecule has 0 bridgehead atoms. The molecule has 0 aliphatic heterocycles. The maximum Gasteiger partial charge on any atom is -0.0351 e. The standard InChI is InChI=1S/C9H17/c1-4-8-5-6-9(2,3)7-8/h8H,1,4-7H2,2-3H3. The Morgan fingerprint density at radius 1 is 1.56 bits per heavy atom. The van der Waals surface area contributed by atoms with Crippen LogP contribution in [0.25, 0.3) is 0 Å². The van der Waals surface area contributed by atoms with E-state index in [-0.39, 0.29) is 0 Å². The minimum Gasteiger partial charge on any atom is -0.0599 e. The van der Waals surface area contributed by atoms with E-state index >= 15 is 0 Å². The van der Waals surface area contributed by atoms with Gasteiger partial charge in [-0.05, 0) is 30.6 Å². The van der Waals surface area contributed by atoms with E-state index in [0.717, 1.165) is 12.3 Å². The average Bonchev–Trinajstić information content (AvgIpc) is 2.10. The fourth-order valence-electron chi connectivity index (χ4n) is 1.83. The van der Waals surface area contributed by atoms with Crippen molar-refractivity contribution in [3.8, 4) is 0 Å². The highest BCUT2D eigenvalue weighted by Crippen LogP contribution is 2.41. The van der Waals surface area contributed by atoms with Crippen LogP contribution >= 0.6 is 0 Å². The molecular formula is C9H17. The molecule has 1 saturated carbocycles. The van der Waals surface area contributed by atoms with Gasteiger partial charge in [0.25, 0.3) is 0 Å². The molecular weight excluding hydrogens is 108 g/mol. The second-order valence-corrected chi connectivity index (χ2v) is 4.06. The maximum atomic E-state index is 3.93. The van der Waals surface area contributed by atoms with E-state index in [2.05, 4.69) is 20.8 Å². The average molecular weight is 125 g/mol. The van der Waals surface area contributed by atoms with Crippen LogP contribution < -0.4 is 0 Å². The van der Waals surface area contributed by atoms with Crippen molar-refractivity contribution in [3.05, 3.63) is 6.92 Å². The minimum atomic E-state index is 0.627. The molecule has 0 nitrogen and oxygen atoms in total. The Bertz CT molecular complexity index is 92.2. The molecule has 0 aromatic carbocycles. The summed E-state index contributed by atoms with van der Waals surface area (Å²) in [6, 6.07) is 0. The summed E-state index contributed by atoms with van der Waals surface area (Å²) in [6.45, 7) is 8.66. The Labute approximate surface area is 58.7 Å². The summed E-state index contributed by atoms with van der Waals surface area (Å²) in [5, 5.41) is 0. The quantitative estimate of drug-likeness (QED) is 0.505. The third-order valence-electron chi connectivity index (χ3n) is 2.48. The Morgan fingerprint density at radius 3 is 2.44 bits per heavy atom. The van der Waals surface area contributed by atoms with Gasteiger partial charge in [-0.2, -0.15) is 0 Å². The van der Waals surface area contributed by atoms with E-state index < -0.39 is 0 Å². The molecule has 0 aromatic heterocycles. The first-order valence-electron chi connectivity index (χ1n) is 3.93. The SMILES string of the molecule is [CH2]CC1CCC(C)(C)C1. The molecule has 0 heterocycles. The summed E-state index contributed by atoms with van der Waals surface area (Å²) in [4.78, 5) is 0. The van der Waals surface area contributed by atoms with Gasteiger partial charge in [0.1, 0.15) is 0 Å². The van der Waals surface area contributed by atoms with Gasteiger partial charge in [-0.15, -0.1) is 0 Å². The van der Waals surface area contributed by atoms with Gasteiger partial charge in [-0.25, -0.2) is 0 Å². The molecule has 0 N–H and O–H groups in total. The monoisotopic (exact) mass is 125 g/mol. The molecule has 1 aliphatic rings. The molecule has 0 aromatic rings. The molecule has 1 fully saturated rings. The van der Waals surface area contributed by atoms with Crippen LogP contribution in [0.4, 0.5) is 0 Å². The second-order valence-electron chi connectivity index (χ2n) is 4.06. The molecule has 1 radical (unpaired) electrons. The summed E-state index contributed by atoms with van der Waals surface area (Å²) in [5.74, 6) is 0.931. The molecule has 9 heavy (non-hydrogen) atoms. The zero-order valence-electron chi connectivity index (χ0n) is 6.61. The van der Waals surface area contributed by atoms with Crippen molar-refractivity contribution < 1.29 is 0 Å². The highest BCUT2D eigenvalue weighted by molar-refractivity contribution is 4.82. The largest absolute Gasteiger partial charge is 0.0599 e. The van der Waals surface area contributed by atoms with Gasteiger partial charge < -0.3 is 0 Å². The molecule has 53 valence electrons. The van der Waals surface area contributed by atoms with Crippen LogP contribution in [0.2, 0.25) is 0 Å². The third-order valence-corrected chi connectivity index (χ3v) is 2.48. The van der Waals surface area contributed by atoms with Crippen molar-refractivity contribution in [2.75, 3.05) is 0 Å². The van der Waals surface area contributed by atoms with E-state index in [1.165, 1.54) is 19.3 Å². The first-order chi connectivity index (χ1) is 4.14. The van der Waals surface area contributed by atoms with Crippen molar-refractivity contribution in [1.82, 2.24) is 0 Å². The van der Waals surface area contributed by atoms with Crippen molar-refractivity contribution in [2.45, 2.75) is 39.5 Å². The molecule has 0 amide bonds. The summed E-state index contributed by atoms with van der Waals surface area (Å²) in [5.41, 5.74) is 0.627. The van der Waals surface area contributed by atoms with E-state index in [4.69, 9.17) is 0 Å². The summed E-state index contributed by atoms with van der Waals surface area (Å²) in [7, 11) is 0. The van der Waals surface area contributed by atoms with Crippen molar-refractivity contribution >= 4 is 0 Å². The van der Waals surface area contributed by atoms with E-state index in [0.29, 0.717) is 5.41 Å². The highest BCUT2D eigenvalue weighted by atomic mass is 14.3. The van der Waals surface area contributed by atoms with Gasteiger partial charge in [0.15, 0.2) is 0 Å². The third kappa shape index (κ3) is 1.70. The Morgan fingerprint density at radius 2 is 2.22 bits per heavy atom. The maximum absolute atomic E-state index is 3.93. The zero-order chi connectivity index (χ0) is 6.91. The fraction of sp³-hybridized carbons (Fsp3) is 0.889. The normalized spacial score (nSPS) is 33.0. The van der Waals surface area contributed by atoms with E-state index in [9.17, 15) is 0 Å². The van der Waals surface area contributed by atoms with Gasteiger partial charge in [-0.3, -0.25) is 0 Å². The Hall–Kier alpha value is 0. The lowest BCUT2D eigenvalue weighted by molar-refractivity contribution is 0.361. The molecule has 0 spiro atoms. The Balaban J connectivity index is 2.38. The molecule has 1 unspecified atom stereocenters. The lowest BCUT2D eigenvalue weighted by atomic mass is 9.90. The predicted octanol–water partition coefficient (Wildman–Crippen LogP) is 3.04. The number of hydrogen-bond acceptors (Lipinski definition) is 0. The van der Waals surface area contributed by atoms with Gasteiger partial charge in [-0.1, -0.05) is 27.2 Å². The Kier molecular flexibility index (Phi) is 1.83. The van der Waals surface area contributed by atoms with Crippen LogP contribution in [0.1, 0.15) is 39.5 Å². The van der Waals surface area contributed by atoms with Crippen LogP contribution in [0.5, 0.6) is 0 Å². The topological polar surface area (TPSA) is 0 Å². The summed E-state index contributed by atoms with van der Waals surface area (Å²) >= 11 is 0. The van der Waals surface area contributed by atoms with Crippen LogP contribution in [0, 0.1) is 18.3 Å². The van der Waals surface area contributed by atoms with Crippen molar-refractivity contribution in [3.63, 3.8) is 0 Å². The molecule has 1 atom stereocenters. The van der Waals surface area contributed by atoms with Crippen LogP contribution in [0.3, 0.4) is 0 Å². The number of hydrogen-bond donors (Lipinski definition) is 0. The zero-order valence-corrected chi connectivity index (χ0v) is 6.61. The highest BCUT2D eigenvalue weighted by Gasteiger charge is 2.29. The van der Waals surface area contributed by atoms with Crippen molar-refractivity contribution in [2.24, 2.45) is 11.3 Å². The molecule has 0 heteroatoms. The molecule has 1 aliphatic carbocycles. The van der Waals surface area contributed by atoms with Gasteiger partial charge in [0, 0.05) is 0 Å². The smallest absolute Gasteiger partial charge is 0.0351 e. The first kappa shape index (κ1) is 7.11. The van der Waals surface area contributed by atoms with Crippen LogP contribution in [0.15, 0.2) is 0 Å².